The van der Waals surface area contributed by atoms with E-state index in [0.29, 0.717) is 11.5 Å². The molecule has 0 atom stereocenters. The molecule has 2 aromatic rings. The van der Waals surface area contributed by atoms with Crippen molar-refractivity contribution in [1.29, 1.82) is 0 Å². The molecular weight excluding hydrogens is 281 g/mol. The van der Waals surface area contributed by atoms with E-state index in [-0.39, 0.29) is 11.6 Å². The van der Waals surface area contributed by atoms with Crippen LogP contribution in [-0.4, -0.2) is 30.3 Å². The van der Waals surface area contributed by atoms with E-state index in [1.807, 2.05) is 0 Å². The molecule has 0 saturated carbocycles. The Morgan fingerprint density at radius 2 is 1.86 bits per heavy atom. The Kier molecular flexibility index (Phi) is 4.22. The summed E-state index contributed by atoms with van der Waals surface area (Å²) in [5, 5.41) is 9.07. The van der Waals surface area contributed by atoms with Crippen molar-refractivity contribution >= 4 is 5.97 Å². The van der Waals surface area contributed by atoms with Crippen molar-refractivity contribution in [1.82, 2.24) is 4.98 Å². The number of aromatic carboxylic acids is 1. The van der Waals surface area contributed by atoms with Crippen LogP contribution in [0.1, 0.15) is 10.4 Å². The first-order chi connectivity index (χ1) is 10.1. The van der Waals surface area contributed by atoms with Crippen molar-refractivity contribution in [2.75, 3.05) is 14.2 Å². The number of carboxylic acid groups (broad SMARTS) is 1. The van der Waals surface area contributed by atoms with Crippen LogP contribution in [0.3, 0.4) is 0 Å². The number of para-hydroxylation sites is 1. The van der Waals surface area contributed by atoms with Crippen molar-refractivity contribution in [3.8, 4) is 23.1 Å². The standard InChI is InChI=1S/C14H12FNO5/c1-19-10-4-3-5-11(20-2)12(10)21-13-9(14(17)18)6-8(15)7-16-13/h3-7H,1-2H3,(H,17,18). The van der Waals surface area contributed by atoms with Gasteiger partial charge in [0.25, 0.3) is 0 Å². The number of carbonyl (C=O) groups is 1. The highest BCUT2D eigenvalue weighted by molar-refractivity contribution is 5.90. The number of ether oxygens (including phenoxy) is 3. The normalized spacial score (nSPS) is 10.0. The van der Waals surface area contributed by atoms with Crippen molar-refractivity contribution in [3.63, 3.8) is 0 Å². The SMILES string of the molecule is COc1cccc(OC)c1Oc1ncc(F)cc1C(=O)O. The van der Waals surface area contributed by atoms with Crippen LogP contribution in [0.2, 0.25) is 0 Å². The summed E-state index contributed by atoms with van der Waals surface area (Å²) >= 11 is 0. The topological polar surface area (TPSA) is 77.9 Å². The average Bonchev–Trinajstić information content (AvgIpc) is 2.48. The number of pyridine rings is 1. The Morgan fingerprint density at radius 1 is 1.24 bits per heavy atom. The number of hydrogen-bond donors (Lipinski definition) is 1. The zero-order valence-corrected chi connectivity index (χ0v) is 11.3. The number of aromatic nitrogens is 1. The molecule has 0 spiro atoms. The van der Waals surface area contributed by atoms with Gasteiger partial charge in [-0.3, -0.25) is 0 Å². The highest BCUT2D eigenvalue weighted by atomic mass is 19.1. The molecule has 7 heteroatoms. The van der Waals surface area contributed by atoms with Gasteiger partial charge < -0.3 is 19.3 Å². The highest BCUT2D eigenvalue weighted by Gasteiger charge is 2.19. The van der Waals surface area contributed by atoms with Crippen LogP contribution in [0.15, 0.2) is 30.5 Å². The lowest BCUT2D eigenvalue weighted by molar-refractivity contribution is 0.0692. The molecule has 0 saturated heterocycles. The minimum Gasteiger partial charge on any atom is -0.493 e. The van der Waals surface area contributed by atoms with Crippen molar-refractivity contribution in [3.05, 3.63) is 41.8 Å². The number of hydrogen-bond acceptors (Lipinski definition) is 5. The number of carboxylic acids is 1. The molecule has 0 aliphatic carbocycles. The summed E-state index contributed by atoms with van der Waals surface area (Å²) in [6, 6.07) is 5.73. The third-order valence-electron chi connectivity index (χ3n) is 2.63. The minimum atomic E-state index is -1.36. The largest absolute Gasteiger partial charge is 0.493 e. The zero-order valence-electron chi connectivity index (χ0n) is 11.3. The predicted octanol–water partition coefficient (Wildman–Crippen LogP) is 2.73. The lowest BCUT2D eigenvalue weighted by Gasteiger charge is -2.14. The quantitative estimate of drug-likeness (QED) is 0.913. The summed E-state index contributed by atoms with van der Waals surface area (Å²) in [5.74, 6) is -1.57. The molecule has 0 fully saturated rings. The highest BCUT2D eigenvalue weighted by Crippen LogP contribution is 2.40. The van der Waals surface area contributed by atoms with Gasteiger partial charge in [-0.15, -0.1) is 0 Å². The Morgan fingerprint density at radius 3 is 2.38 bits per heavy atom. The van der Waals surface area contributed by atoms with Gasteiger partial charge in [0, 0.05) is 0 Å². The first-order valence-electron chi connectivity index (χ1n) is 5.84. The molecule has 0 bridgehead atoms. The molecule has 0 aliphatic heterocycles. The molecule has 0 aliphatic rings. The first kappa shape index (κ1) is 14.6. The molecule has 6 nitrogen and oxygen atoms in total. The van der Waals surface area contributed by atoms with E-state index in [9.17, 15) is 9.18 Å². The summed E-state index contributed by atoms with van der Waals surface area (Å²) < 4.78 is 28.8. The lowest BCUT2D eigenvalue weighted by Crippen LogP contribution is -2.04. The molecule has 1 aromatic heterocycles. The van der Waals surface area contributed by atoms with Gasteiger partial charge in [0.05, 0.1) is 20.4 Å². The number of methoxy groups -OCH3 is 2. The van der Waals surface area contributed by atoms with Gasteiger partial charge in [0.15, 0.2) is 11.5 Å². The first-order valence-corrected chi connectivity index (χ1v) is 5.84. The van der Waals surface area contributed by atoms with Gasteiger partial charge in [-0.1, -0.05) is 6.07 Å². The number of nitrogens with zero attached hydrogens (tertiary/aromatic N) is 1. The van der Waals surface area contributed by atoms with Crippen LogP contribution in [0.5, 0.6) is 23.1 Å². The maximum absolute atomic E-state index is 13.1. The van der Waals surface area contributed by atoms with Crippen molar-refractivity contribution in [2.45, 2.75) is 0 Å². The second-order valence-corrected chi connectivity index (χ2v) is 3.91. The third-order valence-corrected chi connectivity index (χ3v) is 2.63. The van der Waals surface area contributed by atoms with Gasteiger partial charge in [-0.25, -0.2) is 14.2 Å². The van der Waals surface area contributed by atoms with Crippen molar-refractivity contribution < 1.29 is 28.5 Å². The van der Waals surface area contributed by atoms with Gasteiger partial charge in [0.2, 0.25) is 11.6 Å². The fraction of sp³-hybridized carbons (Fsp3) is 0.143. The van der Waals surface area contributed by atoms with Crippen LogP contribution in [0, 0.1) is 5.82 Å². The Hall–Kier alpha value is -2.83. The summed E-state index contributed by atoms with van der Waals surface area (Å²) in [6.45, 7) is 0. The average molecular weight is 293 g/mol. The second kappa shape index (κ2) is 6.08. The fourth-order valence-electron chi connectivity index (χ4n) is 1.68. The van der Waals surface area contributed by atoms with Crippen LogP contribution in [0.4, 0.5) is 4.39 Å². The molecule has 0 amide bonds. The molecule has 0 radical (unpaired) electrons. The van der Waals surface area contributed by atoms with Gasteiger partial charge in [0.1, 0.15) is 11.4 Å². The van der Waals surface area contributed by atoms with Gasteiger partial charge >= 0.3 is 5.97 Å². The van der Waals surface area contributed by atoms with E-state index in [4.69, 9.17) is 19.3 Å². The predicted molar refractivity (Wildman–Crippen MR) is 70.8 cm³/mol. The smallest absolute Gasteiger partial charge is 0.341 e. The molecule has 1 aromatic carbocycles. The number of benzene rings is 1. The third kappa shape index (κ3) is 3.02. The maximum Gasteiger partial charge on any atom is 0.341 e. The molecular formula is C14H12FNO5. The van der Waals surface area contributed by atoms with E-state index < -0.39 is 17.3 Å². The van der Waals surface area contributed by atoms with E-state index >= 15 is 0 Å². The molecule has 21 heavy (non-hydrogen) atoms. The van der Waals surface area contributed by atoms with E-state index in [1.54, 1.807) is 18.2 Å². The van der Waals surface area contributed by atoms with E-state index in [2.05, 4.69) is 4.98 Å². The zero-order chi connectivity index (χ0) is 15.4. The minimum absolute atomic E-state index is 0.157. The number of rotatable bonds is 5. The summed E-state index contributed by atoms with van der Waals surface area (Å²) in [6.07, 6.45) is 0.865. The van der Waals surface area contributed by atoms with Crippen LogP contribution >= 0.6 is 0 Å². The second-order valence-electron chi connectivity index (χ2n) is 3.91. The molecule has 1 N–H and O–H groups in total. The Balaban J connectivity index is 2.50. The maximum atomic E-state index is 13.1. The lowest BCUT2D eigenvalue weighted by atomic mass is 10.2. The van der Waals surface area contributed by atoms with Crippen molar-refractivity contribution in [2.24, 2.45) is 0 Å². The summed E-state index contributed by atoms with van der Waals surface area (Å²) in [5.41, 5.74) is -0.400. The van der Waals surface area contributed by atoms with Crippen LogP contribution in [-0.2, 0) is 0 Å². The van der Waals surface area contributed by atoms with Crippen LogP contribution < -0.4 is 14.2 Å². The molecule has 110 valence electrons. The molecule has 1 heterocycles. The summed E-state index contributed by atoms with van der Waals surface area (Å²) in [7, 11) is 2.86. The molecule has 0 unspecified atom stereocenters. The fourth-order valence-corrected chi connectivity index (χ4v) is 1.68. The monoisotopic (exact) mass is 293 g/mol. The number of halogens is 1. The summed E-state index contributed by atoms with van der Waals surface area (Å²) in [4.78, 5) is 14.8. The Labute approximate surface area is 119 Å². The van der Waals surface area contributed by atoms with Gasteiger partial charge in [-0.2, -0.15) is 0 Å². The Bertz CT molecular complexity index is 652. The molecule has 2 rings (SSSR count). The van der Waals surface area contributed by atoms with Crippen LogP contribution in [0.25, 0.3) is 0 Å². The van der Waals surface area contributed by atoms with Gasteiger partial charge in [-0.05, 0) is 18.2 Å². The van der Waals surface area contributed by atoms with E-state index in [1.165, 1.54) is 14.2 Å². The van der Waals surface area contributed by atoms with E-state index in [0.717, 1.165) is 12.3 Å².